The Balaban J connectivity index is 1.58. The summed E-state index contributed by atoms with van der Waals surface area (Å²) in [6.07, 6.45) is 9.09. The smallest absolute Gasteiger partial charge is 0.157 e. The Morgan fingerprint density at radius 1 is 1.15 bits per heavy atom. The summed E-state index contributed by atoms with van der Waals surface area (Å²) in [7, 11) is 1.86. The van der Waals surface area contributed by atoms with Crippen LogP contribution in [0.3, 0.4) is 0 Å². The van der Waals surface area contributed by atoms with E-state index in [9.17, 15) is 0 Å². The van der Waals surface area contributed by atoms with E-state index in [4.69, 9.17) is 4.74 Å². The van der Waals surface area contributed by atoms with Crippen molar-refractivity contribution in [2.24, 2.45) is 7.05 Å². The summed E-state index contributed by atoms with van der Waals surface area (Å²) in [5.74, 6) is 0.768. The van der Waals surface area contributed by atoms with E-state index in [0.29, 0.717) is 13.2 Å². The second-order valence-electron chi connectivity index (χ2n) is 4.41. The third-order valence-corrected chi connectivity index (χ3v) is 2.86. The topological polar surface area (TPSA) is 57.8 Å². The van der Waals surface area contributed by atoms with Gasteiger partial charge in [-0.25, -0.2) is 0 Å². The zero-order chi connectivity index (χ0) is 13.8. The molecule has 3 aromatic heterocycles. The first-order chi connectivity index (χ1) is 9.81. The van der Waals surface area contributed by atoms with Crippen LogP contribution >= 0.6 is 0 Å². The Morgan fingerprint density at radius 3 is 2.85 bits per heavy atom. The normalized spacial score (nSPS) is 10.7. The summed E-state index contributed by atoms with van der Waals surface area (Å²) in [6.45, 7) is 1.23. The molecule has 0 aliphatic rings. The maximum Gasteiger partial charge on any atom is 0.157 e. The van der Waals surface area contributed by atoms with Gasteiger partial charge in [0.2, 0.25) is 0 Å². The van der Waals surface area contributed by atoms with E-state index in [2.05, 4.69) is 15.2 Å². The van der Waals surface area contributed by atoms with Gasteiger partial charge in [-0.15, -0.1) is 0 Å². The molecule has 6 heteroatoms. The number of aryl methyl sites for hydroxylation is 1. The van der Waals surface area contributed by atoms with Gasteiger partial charge >= 0.3 is 0 Å². The Labute approximate surface area is 116 Å². The predicted molar refractivity (Wildman–Crippen MR) is 74.2 cm³/mol. The van der Waals surface area contributed by atoms with Crippen molar-refractivity contribution in [3.05, 3.63) is 49.2 Å². The fraction of sp³-hybridized carbons (Fsp3) is 0.214. The average Bonchev–Trinajstić information content (AvgIpc) is 3.09. The second kappa shape index (κ2) is 5.56. The lowest BCUT2D eigenvalue weighted by molar-refractivity contribution is 0.291. The monoisotopic (exact) mass is 269 g/mol. The molecule has 102 valence electrons. The van der Waals surface area contributed by atoms with Crippen molar-refractivity contribution in [1.29, 1.82) is 0 Å². The summed E-state index contributed by atoms with van der Waals surface area (Å²) in [4.78, 5) is 4.30. The number of aromatic nitrogens is 5. The molecule has 3 aromatic rings. The lowest BCUT2D eigenvalue weighted by atomic mass is 10.2. The van der Waals surface area contributed by atoms with Gasteiger partial charge in [0, 0.05) is 25.0 Å². The van der Waals surface area contributed by atoms with Gasteiger partial charge in [-0.2, -0.15) is 10.2 Å². The van der Waals surface area contributed by atoms with Crippen molar-refractivity contribution in [1.82, 2.24) is 24.5 Å². The molecule has 0 atom stereocenters. The van der Waals surface area contributed by atoms with Crippen LogP contribution in [0.5, 0.6) is 5.75 Å². The van der Waals surface area contributed by atoms with Crippen molar-refractivity contribution in [3.63, 3.8) is 0 Å². The van der Waals surface area contributed by atoms with Gasteiger partial charge in [-0.05, 0) is 12.1 Å². The van der Waals surface area contributed by atoms with Gasteiger partial charge in [-0.1, -0.05) is 6.07 Å². The number of rotatable bonds is 5. The molecule has 0 bridgehead atoms. The standard InChI is InChI=1S/C14H15N5O/c1-18-11-13(9-16-18)20-7-6-19-10-12(8-17-19)14-4-2-3-5-15-14/h2-5,8-11H,6-7H2,1H3. The highest BCUT2D eigenvalue weighted by atomic mass is 16.5. The Bertz CT molecular complexity index is 674. The minimum Gasteiger partial charge on any atom is -0.488 e. The van der Waals surface area contributed by atoms with E-state index in [1.165, 1.54) is 0 Å². The molecule has 0 aliphatic heterocycles. The molecule has 0 amide bonds. The number of pyridine rings is 1. The van der Waals surface area contributed by atoms with Gasteiger partial charge in [0.15, 0.2) is 5.75 Å². The summed E-state index contributed by atoms with van der Waals surface area (Å²) in [5.41, 5.74) is 1.93. The van der Waals surface area contributed by atoms with Crippen molar-refractivity contribution >= 4 is 0 Å². The van der Waals surface area contributed by atoms with Gasteiger partial charge in [-0.3, -0.25) is 14.3 Å². The third-order valence-electron chi connectivity index (χ3n) is 2.86. The van der Waals surface area contributed by atoms with Crippen LogP contribution in [0.2, 0.25) is 0 Å². The number of nitrogens with zero attached hydrogens (tertiary/aromatic N) is 5. The molecule has 3 heterocycles. The van der Waals surface area contributed by atoms with Crippen molar-refractivity contribution in [2.75, 3.05) is 6.61 Å². The zero-order valence-electron chi connectivity index (χ0n) is 11.2. The van der Waals surface area contributed by atoms with E-state index in [1.807, 2.05) is 48.5 Å². The van der Waals surface area contributed by atoms with Crippen LogP contribution in [0.25, 0.3) is 11.3 Å². The van der Waals surface area contributed by atoms with Crippen LogP contribution in [-0.4, -0.2) is 31.2 Å². The van der Waals surface area contributed by atoms with Crippen molar-refractivity contribution in [2.45, 2.75) is 6.54 Å². The van der Waals surface area contributed by atoms with Crippen LogP contribution in [0.1, 0.15) is 0 Å². The molecular formula is C14H15N5O. The number of hydrogen-bond donors (Lipinski definition) is 0. The van der Waals surface area contributed by atoms with Crippen LogP contribution in [-0.2, 0) is 13.6 Å². The first kappa shape index (κ1) is 12.4. The van der Waals surface area contributed by atoms with Gasteiger partial charge in [0.05, 0.1) is 30.8 Å². The van der Waals surface area contributed by atoms with E-state index in [-0.39, 0.29) is 0 Å². The molecule has 0 saturated heterocycles. The summed E-state index contributed by atoms with van der Waals surface area (Å²) in [5, 5.41) is 8.35. The lowest BCUT2D eigenvalue weighted by Crippen LogP contribution is -2.08. The molecule has 0 N–H and O–H groups in total. The summed E-state index contributed by atoms with van der Waals surface area (Å²) >= 11 is 0. The van der Waals surface area contributed by atoms with E-state index in [1.54, 1.807) is 17.1 Å². The highest BCUT2D eigenvalue weighted by Crippen LogP contribution is 2.14. The van der Waals surface area contributed by atoms with Gasteiger partial charge in [0.1, 0.15) is 6.61 Å². The van der Waals surface area contributed by atoms with Crippen molar-refractivity contribution < 1.29 is 4.74 Å². The molecule has 0 radical (unpaired) electrons. The minimum atomic E-state index is 0.551. The fourth-order valence-electron chi connectivity index (χ4n) is 1.88. The zero-order valence-corrected chi connectivity index (χ0v) is 11.2. The molecular weight excluding hydrogens is 254 g/mol. The van der Waals surface area contributed by atoms with Crippen LogP contribution in [0.15, 0.2) is 49.2 Å². The van der Waals surface area contributed by atoms with Gasteiger partial charge in [0.25, 0.3) is 0 Å². The molecule has 20 heavy (non-hydrogen) atoms. The molecule has 3 rings (SSSR count). The Morgan fingerprint density at radius 2 is 2.10 bits per heavy atom. The SMILES string of the molecule is Cn1cc(OCCn2cc(-c3ccccn3)cn2)cn1. The van der Waals surface area contributed by atoms with E-state index < -0.39 is 0 Å². The molecule has 0 aliphatic carbocycles. The molecule has 0 fully saturated rings. The van der Waals surface area contributed by atoms with Crippen LogP contribution in [0.4, 0.5) is 0 Å². The molecule has 6 nitrogen and oxygen atoms in total. The molecule has 0 spiro atoms. The first-order valence-electron chi connectivity index (χ1n) is 6.36. The minimum absolute atomic E-state index is 0.551. The Hall–Kier alpha value is -2.63. The van der Waals surface area contributed by atoms with Crippen LogP contribution in [0, 0.1) is 0 Å². The summed E-state index contributed by atoms with van der Waals surface area (Å²) in [6, 6.07) is 5.83. The quantitative estimate of drug-likeness (QED) is 0.708. The maximum absolute atomic E-state index is 5.59. The van der Waals surface area contributed by atoms with Crippen LogP contribution < -0.4 is 4.74 Å². The van der Waals surface area contributed by atoms with Crippen molar-refractivity contribution in [3.8, 4) is 17.0 Å². The largest absolute Gasteiger partial charge is 0.488 e. The average molecular weight is 269 g/mol. The van der Waals surface area contributed by atoms with Gasteiger partial charge < -0.3 is 4.74 Å². The predicted octanol–water partition coefficient (Wildman–Crippen LogP) is 1.76. The fourth-order valence-corrected chi connectivity index (χ4v) is 1.88. The van der Waals surface area contributed by atoms with E-state index in [0.717, 1.165) is 17.0 Å². The molecule has 0 aromatic carbocycles. The Kier molecular flexibility index (Phi) is 3.45. The summed E-state index contributed by atoms with van der Waals surface area (Å²) < 4.78 is 9.14. The number of ether oxygens (including phenoxy) is 1. The third kappa shape index (κ3) is 2.85. The lowest BCUT2D eigenvalue weighted by Gasteiger charge is -2.03. The highest BCUT2D eigenvalue weighted by Gasteiger charge is 2.03. The molecule has 0 unspecified atom stereocenters. The number of hydrogen-bond acceptors (Lipinski definition) is 4. The second-order valence-corrected chi connectivity index (χ2v) is 4.41. The van der Waals surface area contributed by atoms with E-state index >= 15 is 0 Å². The molecule has 0 saturated carbocycles. The highest BCUT2D eigenvalue weighted by molar-refractivity contribution is 5.56. The maximum atomic E-state index is 5.59. The first-order valence-corrected chi connectivity index (χ1v) is 6.36.